The molecule has 2 aromatic heterocycles. The number of hydrogen-bond acceptors (Lipinski definition) is 6. The highest BCUT2D eigenvalue weighted by atomic mass is 32.2. The summed E-state index contributed by atoms with van der Waals surface area (Å²) in [5.41, 5.74) is 3.12. The molecule has 3 rings (SSSR count). The lowest BCUT2D eigenvalue weighted by Gasteiger charge is -2.11. The number of benzene rings is 1. The van der Waals surface area contributed by atoms with Crippen LogP contribution in [-0.2, 0) is 11.3 Å². The minimum atomic E-state index is -0.306. The number of hydrogen-bond donors (Lipinski definition) is 1. The van der Waals surface area contributed by atoms with Gasteiger partial charge in [0, 0.05) is 17.5 Å². The maximum Gasteiger partial charge on any atom is 0.239 e. The Morgan fingerprint density at radius 1 is 1.27 bits per heavy atom. The zero-order chi connectivity index (χ0) is 18.7. The van der Waals surface area contributed by atoms with E-state index >= 15 is 0 Å². The number of thiazole rings is 1. The normalized spacial score (nSPS) is 12.2. The van der Waals surface area contributed by atoms with Crippen LogP contribution >= 0.6 is 23.1 Å². The van der Waals surface area contributed by atoms with Crippen LogP contribution in [0.1, 0.15) is 25.1 Å². The Kier molecular flexibility index (Phi) is 5.73. The average molecular weight is 388 g/mol. The molecule has 0 aliphatic heterocycles. The summed E-state index contributed by atoms with van der Waals surface area (Å²) in [6, 6.07) is 8.20. The lowest BCUT2D eigenvalue weighted by atomic mass is 10.1. The molecule has 1 N–H and O–H groups in total. The van der Waals surface area contributed by atoms with E-state index in [1.54, 1.807) is 0 Å². The molecule has 0 aliphatic carbocycles. The monoisotopic (exact) mass is 387 g/mol. The molecule has 1 unspecified atom stereocenters. The molecule has 0 radical (unpaired) electrons. The Hall–Kier alpha value is -2.19. The summed E-state index contributed by atoms with van der Waals surface area (Å²) >= 11 is 2.83. The summed E-state index contributed by atoms with van der Waals surface area (Å²) in [5.74, 6) is 0.727. The highest BCUT2D eigenvalue weighted by molar-refractivity contribution is 8.00. The molecule has 3 aromatic rings. The molecule has 1 amide bonds. The van der Waals surface area contributed by atoms with E-state index in [4.69, 9.17) is 0 Å². The fourth-order valence-corrected chi connectivity index (χ4v) is 4.01. The molecule has 136 valence electrons. The second-order valence-corrected chi connectivity index (χ2v) is 8.13. The smallest absolute Gasteiger partial charge is 0.239 e. The first-order valence-electron chi connectivity index (χ1n) is 8.37. The van der Waals surface area contributed by atoms with E-state index in [2.05, 4.69) is 39.6 Å². The Balaban J connectivity index is 1.75. The maximum atomic E-state index is 12.4. The van der Waals surface area contributed by atoms with Gasteiger partial charge in [0.25, 0.3) is 0 Å². The van der Waals surface area contributed by atoms with Crippen molar-refractivity contribution in [3.05, 3.63) is 40.9 Å². The molecule has 0 spiro atoms. The van der Waals surface area contributed by atoms with Crippen molar-refractivity contribution >= 4 is 34.1 Å². The summed E-state index contributed by atoms with van der Waals surface area (Å²) in [5, 5.41) is 14.5. The van der Waals surface area contributed by atoms with E-state index < -0.39 is 0 Å². The van der Waals surface area contributed by atoms with E-state index in [1.807, 2.05) is 42.9 Å². The van der Waals surface area contributed by atoms with Crippen LogP contribution in [0.4, 0.5) is 5.13 Å². The summed E-state index contributed by atoms with van der Waals surface area (Å²) < 4.78 is 2.03. The summed E-state index contributed by atoms with van der Waals surface area (Å²) in [7, 11) is 0. The fraction of sp³-hybridized carbons (Fsp3) is 0.333. The van der Waals surface area contributed by atoms with Crippen LogP contribution in [0.15, 0.2) is 34.8 Å². The molecule has 1 aromatic carbocycles. The lowest BCUT2D eigenvalue weighted by Crippen LogP contribution is -2.22. The quantitative estimate of drug-likeness (QED) is 0.643. The molecule has 8 heteroatoms. The van der Waals surface area contributed by atoms with Crippen molar-refractivity contribution in [2.45, 2.75) is 44.6 Å². The predicted molar refractivity (Wildman–Crippen MR) is 107 cm³/mol. The van der Waals surface area contributed by atoms with Crippen molar-refractivity contribution in [3.8, 4) is 11.4 Å². The van der Waals surface area contributed by atoms with Gasteiger partial charge in [-0.2, -0.15) is 0 Å². The molecular formula is C18H21N5OS2. The first-order chi connectivity index (χ1) is 12.5. The van der Waals surface area contributed by atoms with Gasteiger partial charge in [0.2, 0.25) is 5.91 Å². The number of aromatic nitrogens is 4. The summed E-state index contributed by atoms with van der Waals surface area (Å²) in [6.07, 6.45) is 0. The second kappa shape index (κ2) is 8.01. The van der Waals surface area contributed by atoms with Crippen LogP contribution in [0.5, 0.6) is 0 Å². The van der Waals surface area contributed by atoms with E-state index in [9.17, 15) is 4.79 Å². The molecular weight excluding hydrogens is 366 g/mol. The fourth-order valence-electron chi connectivity index (χ4n) is 2.41. The third kappa shape index (κ3) is 4.13. The molecule has 1 atom stereocenters. The van der Waals surface area contributed by atoms with Crippen molar-refractivity contribution in [2.75, 3.05) is 5.32 Å². The van der Waals surface area contributed by atoms with Crippen molar-refractivity contribution in [1.29, 1.82) is 0 Å². The standard InChI is InChI=1S/C18H21N5OS2/c1-5-23-15(14-8-6-11(2)7-9-14)21-22-18(23)26-13(4)16(24)20-17-19-12(3)10-25-17/h6-10,13H,5H2,1-4H3,(H,19,20,24). The zero-order valence-corrected chi connectivity index (χ0v) is 16.8. The van der Waals surface area contributed by atoms with Gasteiger partial charge in [-0.3, -0.25) is 4.79 Å². The molecule has 0 fully saturated rings. The van der Waals surface area contributed by atoms with E-state index in [-0.39, 0.29) is 11.2 Å². The van der Waals surface area contributed by atoms with Gasteiger partial charge in [-0.1, -0.05) is 41.6 Å². The van der Waals surface area contributed by atoms with Crippen LogP contribution in [0.2, 0.25) is 0 Å². The number of nitrogens with zero attached hydrogens (tertiary/aromatic N) is 4. The number of aryl methyl sites for hydroxylation is 2. The van der Waals surface area contributed by atoms with E-state index in [1.165, 1.54) is 28.7 Å². The average Bonchev–Trinajstić information content (AvgIpc) is 3.21. The van der Waals surface area contributed by atoms with E-state index in [0.29, 0.717) is 5.13 Å². The number of carbonyl (C=O) groups is 1. The number of anilines is 1. The number of rotatable bonds is 6. The third-order valence-corrected chi connectivity index (χ3v) is 5.80. The molecule has 0 saturated carbocycles. The van der Waals surface area contributed by atoms with Crippen LogP contribution in [0.3, 0.4) is 0 Å². The summed E-state index contributed by atoms with van der Waals surface area (Å²) in [4.78, 5) is 16.7. The number of carbonyl (C=O) groups excluding carboxylic acids is 1. The predicted octanol–water partition coefficient (Wildman–Crippen LogP) is 4.16. The van der Waals surface area contributed by atoms with Gasteiger partial charge in [0.15, 0.2) is 16.1 Å². The molecule has 26 heavy (non-hydrogen) atoms. The second-order valence-electron chi connectivity index (χ2n) is 5.96. The van der Waals surface area contributed by atoms with Crippen molar-refractivity contribution in [3.63, 3.8) is 0 Å². The minimum Gasteiger partial charge on any atom is -0.302 e. The third-order valence-electron chi connectivity index (χ3n) is 3.84. The first kappa shape index (κ1) is 18.6. The molecule has 0 saturated heterocycles. The minimum absolute atomic E-state index is 0.0908. The van der Waals surface area contributed by atoms with Gasteiger partial charge in [0.1, 0.15) is 0 Å². The molecule has 6 nitrogen and oxygen atoms in total. The molecule has 0 bridgehead atoms. The lowest BCUT2D eigenvalue weighted by molar-refractivity contribution is -0.115. The van der Waals surface area contributed by atoms with Crippen molar-refractivity contribution < 1.29 is 4.79 Å². The van der Waals surface area contributed by atoms with Crippen LogP contribution in [0, 0.1) is 13.8 Å². The Morgan fingerprint density at radius 3 is 2.62 bits per heavy atom. The number of thioether (sulfide) groups is 1. The highest BCUT2D eigenvalue weighted by Crippen LogP contribution is 2.27. The SMILES string of the molecule is CCn1c(SC(C)C(=O)Nc2nc(C)cs2)nnc1-c1ccc(C)cc1. The van der Waals surface area contributed by atoms with Gasteiger partial charge in [-0.25, -0.2) is 4.98 Å². The van der Waals surface area contributed by atoms with Gasteiger partial charge >= 0.3 is 0 Å². The zero-order valence-electron chi connectivity index (χ0n) is 15.2. The van der Waals surface area contributed by atoms with Crippen molar-refractivity contribution in [1.82, 2.24) is 19.7 Å². The van der Waals surface area contributed by atoms with Crippen LogP contribution in [-0.4, -0.2) is 30.9 Å². The van der Waals surface area contributed by atoms with E-state index in [0.717, 1.165) is 28.8 Å². The topological polar surface area (TPSA) is 72.7 Å². The number of amides is 1. The van der Waals surface area contributed by atoms with Gasteiger partial charge in [-0.05, 0) is 27.7 Å². The Labute approximate surface area is 161 Å². The van der Waals surface area contributed by atoms with Crippen LogP contribution < -0.4 is 5.32 Å². The largest absolute Gasteiger partial charge is 0.302 e. The van der Waals surface area contributed by atoms with Gasteiger partial charge in [0.05, 0.1) is 10.9 Å². The Bertz CT molecular complexity index is 901. The molecule has 2 heterocycles. The molecule has 0 aliphatic rings. The van der Waals surface area contributed by atoms with Gasteiger partial charge < -0.3 is 9.88 Å². The van der Waals surface area contributed by atoms with Crippen molar-refractivity contribution in [2.24, 2.45) is 0 Å². The highest BCUT2D eigenvalue weighted by Gasteiger charge is 2.21. The number of nitrogens with one attached hydrogen (secondary N) is 1. The maximum absolute atomic E-state index is 12.4. The summed E-state index contributed by atoms with van der Waals surface area (Å²) in [6.45, 7) is 8.61. The Morgan fingerprint density at radius 2 is 2.00 bits per heavy atom. The van der Waals surface area contributed by atoms with Crippen LogP contribution in [0.25, 0.3) is 11.4 Å². The van der Waals surface area contributed by atoms with Gasteiger partial charge in [-0.15, -0.1) is 21.5 Å². The first-order valence-corrected chi connectivity index (χ1v) is 10.1.